The third kappa shape index (κ3) is 7.08. The summed E-state index contributed by atoms with van der Waals surface area (Å²) in [5.41, 5.74) is -0.0696. The SMILES string of the molecule is O=C(CCCC1CCC(CCN2CCN(c3cccc(C(F)(F)F)c3F)CC2)CC1)C1=CCCC1. The van der Waals surface area contributed by atoms with Gasteiger partial charge in [0.05, 0.1) is 11.3 Å². The highest BCUT2D eigenvalue weighted by Crippen LogP contribution is 2.36. The maximum Gasteiger partial charge on any atom is 0.419 e. The first-order chi connectivity index (χ1) is 16.8. The fourth-order valence-electron chi connectivity index (χ4n) is 6.01. The molecule has 1 aromatic rings. The Morgan fingerprint density at radius 2 is 1.66 bits per heavy atom. The summed E-state index contributed by atoms with van der Waals surface area (Å²) in [5.74, 6) is 0.690. The van der Waals surface area contributed by atoms with Gasteiger partial charge in [-0.2, -0.15) is 13.2 Å². The van der Waals surface area contributed by atoms with E-state index in [1.165, 1.54) is 44.2 Å². The van der Waals surface area contributed by atoms with E-state index in [1.807, 2.05) is 0 Å². The van der Waals surface area contributed by atoms with Gasteiger partial charge in [-0.3, -0.25) is 9.69 Å². The molecule has 4 rings (SSSR count). The zero-order chi connectivity index (χ0) is 24.8. The molecule has 194 valence electrons. The molecule has 1 heterocycles. The summed E-state index contributed by atoms with van der Waals surface area (Å²) in [6, 6.07) is 3.53. The van der Waals surface area contributed by atoms with Gasteiger partial charge in [0.1, 0.15) is 0 Å². The van der Waals surface area contributed by atoms with Crippen LogP contribution in [0, 0.1) is 17.7 Å². The Bertz CT molecular complexity index is 881. The number of alkyl halides is 3. The molecular weight excluding hydrogens is 456 g/mol. The molecule has 0 atom stereocenters. The number of Topliss-reactive ketones (excluding diaryl/α,β-unsaturated/α-hetero) is 1. The summed E-state index contributed by atoms with van der Waals surface area (Å²) in [7, 11) is 0. The van der Waals surface area contributed by atoms with Gasteiger partial charge in [0.15, 0.2) is 11.6 Å². The molecule has 1 saturated carbocycles. The van der Waals surface area contributed by atoms with Crippen LogP contribution in [0.5, 0.6) is 0 Å². The minimum Gasteiger partial charge on any atom is -0.367 e. The van der Waals surface area contributed by atoms with Crippen LogP contribution in [0.4, 0.5) is 23.2 Å². The largest absolute Gasteiger partial charge is 0.419 e. The summed E-state index contributed by atoms with van der Waals surface area (Å²) in [6.07, 6.45) is 9.67. The summed E-state index contributed by atoms with van der Waals surface area (Å²) >= 11 is 0. The highest BCUT2D eigenvalue weighted by Gasteiger charge is 2.36. The van der Waals surface area contributed by atoms with Gasteiger partial charge in [0.2, 0.25) is 0 Å². The lowest BCUT2D eigenvalue weighted by Gasteiger charge is -2.37. The monoisotopic (exact) mass is 494 g/mol. The Morgan fingerprint density at radius 3 is 2.29 bits per heavy atom. The first kappa shape index (κ1) is 26.2. The molecule has 1 saturated heterocycles. The molecule has 2 aliphatic carbocycles. The number of rotatable bonds is 9. The van der Waals surface area contributed by atoms with Crippen LogP contribution < -0.4 is 4.90 Å². The predicted molar refractivity (Wildman–Crippen MR) is 131 cm³/mol. The Morgan fingerprint density at radius 1 is 0.971 bits per heavy atom. The Labute approximate surface area is 206 Å². The second-order valence-electron chi connectivity index (χ2n) is 10.6. The van der Waals surface area contributed by atoms with Crippen molar-refractivity contribution in [3.63, 3.8) is 0 Å². The average Bonchev–Trinajstić information content (AvgIpc) is 3.39. The van der Waals surface area contributed by atoms with Crippen molar-refractivity contribution in [3.05, 3.63) is 41.2 Å². The first-order valence-electron chi connectivity index (χ1n) is 13.4. The van der Waals surface area contributed by atoms with E-state index in [1.54, 1.807) is 4.90 Å². The summed E-state index contributed by atoms with van der Waals surface area (Å²) in [4.78, 5) is 16.3. The number of halogens is 4. The number of carbonyl (C=O) groups excluding carboxylic acids is 1. The molecular formula is C28H38F4N2O. The average molecular weight is 495 g/mol. The van der Waals surface area contributed by atoms with Gasteiger partial charge in [-0.25, -0.2) is 4.39 Å². The van der Waals surface area contributed by atoms with E-state index in [0.717, 1.165) is 75.2 Å². The number of benzene rings is 1. The molecule has 0 aromatic heterocycles. The smallest absolute Gasteiger partial charge is 0.367 e. The van der Waals surface area contributed by atoms with E-state index >= 15 is 0 Å². The maximum absolute atomic E-state index is 14.5. The number of hydrogen-bond acceptors (Lipinski definition) is 3. The topological polar surface area (TPSA) is 23.6 Å². The lowest BCUT2D eigenvalue weighted by Crippen LogP contribution is -2.47. The fourth-order valence-corrected chi connectivity index (χ4v) is 6.01. The van der Waals surface area contributed by atoms with Gasteiger partial charge in [0, 0.05) is 32.6 Å². The summed E-state index contributed by atoms with van der Waals surface area (Å²) in [5, 5.41) is 0. The number of piperazine rings is 1. The molecule has 0 spiro atoms. The molecule has 3 nitrogen and oxygen atoms in total. The van der Waals surface area contributed by atoms with Crippen molar-refractivity contribution in [2.24, 2.45) is 11.8 Å². The molecule has 2 fully saturated rings. The minimum absolute atomic E-state index is 0.0551. The maximum atomic E-state index is 14.5. The number of carbonyl (C=O) groups is 1. The van der Waals surface area contributed by atoms with Crippen LogP contribution in [0.2, 0.25) is 0 Å². The van der Waals surface area contributed by atoms with Crippen molar-refractivity contribution in [1.82, 2.24) is 4.90 Å². The van der Waals surface area contributed by atoms with Gasteiger partial charge in [0.25, 0.3) is 0 Å². The summed E-state index contributed by atoms with van der Waals surface area (Å²) in [6.45, 7) is 3.57. The Kier molecular flexibility index (Phi) is 8.90. The van der Waals surface area contributed by atoms with Crippen LogP contribution in [0.25, 0.3) is 0 Å². The van der Waals surface area contributed by atoms with Gasteiger partial charge >= 0.3 is 6.18 Å². The third-order valence-corrected chi connectivity index (χ3v) is 8.23. The van der Waals surface area contributed by atoms with Crippen molar-refractivity contribution in [2.45, 2.75) is 76.8 Å². The van der Waals surface area contributed by atoms with Crippen molar-refractivity contribution in [3.8, 4) is 0 Å². The van der Waals surface area contributed by atoms with E-state index in [-0.39, 0.29) is 5.69 Å². The molecule has 0 bridgehead atoms. The first-order valence-corrected chi connectivity index (χ1v) is 13.4. The van der Waals surface area contributed by atoms with Crippen LogP contribution in [0.1, 0.15) is 76.2 Å². The predicted octanol–water partition coefficient (Wildman–Crippen LogP) is 7.01. The van der Waals surface area contributed by atoms with Crippen molar-refractivity contribution in [2.75, 3.05) is 37.6 Å². The highest BCUT2D eigenvalue weighted by atomic mass is 19.4. The lowest BCUT2D eigenvalue weighted by atomic mass is 9.78. The van der Waals surface area contributed by atoms with E-state index in [4.69, 9.17) is 0 Å². The zero-order valence-corrected chi connectivity index (χ0v) is 20.6. The van der Waals surface area contributed by atoms with Crippen LogP contribution in [-0.2, 0) is 11.0 Å². The summed E-state index contributed by atoms with van der Waals surface area (Å²) < 4.78 is 53.6. The van der Waals surface area contributed by atoms with Gasteiger partial charge in [-0.1, -0.05) is 44.2 Å². The second kappa shape index (κ2) is 11.9. The van der Waals surface area contributed by atoms with Gasteiger partial charge < -0.3 is 4.90 Å². The number of nitrogens with zero attached hydrogens (tertiary/aromatic N) is 2. The van der Waals surface area contributed by atoms with Crippen LogP contribution >= 0.6 is 0 Å². The minimum atomic E-state index is -4.67. The Balaban J connectivity index is 1.12. The quantitative estimate of drug-likeness (QED) is 0.345. The van der Waals surface area contributed by atoms with E-state index < -0.39 is 17.6 Å². The molecule has 7 heteroatoms. The molecule has 0 radical (unpaired) electrons. The van der Waals surface area contributed by atoms with Crippen molar-refractivity contribution in [1.29, 1.82) is 0 Å². The number of allylic oxidation sites excluding steroid dienone is 2. The van der Waals surface area contributed by atoms with Gasteiger partial charge in [-0.15, -0.1) is 0 Å². The number of hydrogen-bond donors (Lipinski definition) is 0. The van der Waals surface area contributed by atoms with Crippen molar-refractivity contribution >= 4 is 11.5 Å². The van der Waals surface area contributed by atoms with Gasteiger partial charge in [-0.05, 0) is 68.2 Å². The second-order valence-corrected chi connectivity index (χ2v) is 10.6. The molecule has 1 aliphatic heterocycles. The third-order valence-electron chi connectivity index (χ3n) is 8.23. The molecule has 3 aliphatic rings. The fraction of sp³-hybridized carbons (Fsp3) is 0.679. The standard InChI is InChI=1S/C28H38F4N2O/c29-27-24(28(30,31)32)8-4-9-25(27)34-19-17-33(18-20-34)16-15-22-13-11-21(12-14-22)5-3-10-26(35)23-6-1-2-7-23/h4,6,8-9,21-22H,1-3,5,7,10-20H2. The van der Waals surface area contributed by atoms with Crippen LogP contribution in [0.3, 0.4) is 0 Å². The van der Waals surface area contributed by atoms with E-state index in [2.05, 4.69) is 11.0 Å². The molecule has 0 amide bonds. The molecule has 0 unspecified atom stereocenters. The van der Waals surface area contributed by atoms with Crippen LogP contribution in [0.15, 0.2) is 29.8 Å². The normalized spacial score (nSPS) is 24.0. The molecule has 1 aromatic carbocycles. The lowest BCUT2D eigenvalue weighted by molar-refractivity contribution is -0.139. The molecule has 0 N–H and O–H groups in total. The van der Waals surface area contributed by atoms with E-state index in [9.17, 15) is 22.4 Å². The Hall–Kier alpha value is -1.89. The highest BCUT2D eigenvalue weighted by molar-refractivity contribution is 5.95. The van der Waals surface area contributed by atoms with Crippen molar-refractivity contribution < 1.29 is 22.4 Å². The zero-order valence-electron chi connectivity index (χ0n) is 20.6. The van der Waals surface area contributed by atoms with Crippen LogP contribution in [-0.4, -0.2) is 43.4 Å². The number of anilines is 1. The molecule has 35 heavy (non-hydrogen) atoms. The number of ketones is 1. The van der Waals surface area contributed by atoms with E-state index in [0.29, 0.717) is 25.3 Å².